The molecule has 0 fully saturated rings. The molecule has 0 aliphatic carbocycles. The van der Waals surface area contributed by atoms with Crippen LogP contribution in [0.3, 0.4) is 0 Å². The predicted octanol–water partition coefficient (Wildman–Crippen LogP) is 5.40. The molecule has 0 unspecified atom stereocenters. The van der Waals surface area contributed by atoms with Crippen LogP contribution in [0, 0.1) is 12.7 Å². The minimum absolute atomic E-state index is 0.0203. The van der Waals surface area contributed by atoms with E-state index >= 15 is 0 Å². The van der Waals surface area contributed by atoms with Gasteiger partial charge in [0, 0.05) is 29.8 Å². The highest BCUT2D eigenvalue weighted by Crippen LogP contribution is 2.34. The minimum Gasteiger partial charge on any atom is -0.360 e. The third kappa shape index (κ3) is 3.50. The van der Waals surface area contributed by atoms with Gasteiger partial charge in [-0.05, 0) is 37.3 Å². The van der Waals surface area contributed by atoms with E-state index in [1.165, 1.54) is 18.2 Å². The summed E-state index contributed by atoms with van der Waals surface area (Å²) in [7, 11) is 0. The number of nitrogens with one attached hydrogen (secondary N) is 1. The summed E-state index contributed by atoms with van der Waals surface area (Å²) in [6.45, 7) is 1.58. The van der Waals surface area contributed by atoms with Crippen LogP contribution in [0.15, 0.2) is 71.6 Å². The highest BCUT2D eigenvalue weighted by molar-refractivity contribution is 6.33. The van der Waals surface area contributed by atoms with Crippen molar-refractivity contribution in [3.8, 4) is 22.5 Å². The van der Waals surface area contributed by atoms with E-state index in [-0.39, 0.29) is 27.6 Å². The van der Waals surface area contributed by atoms with Crippen LogP contribution in [-0.4, -0.2) is 25.4 Å². The van der Waals surface area contributed by atoms with Gasteiger partial charge >= 0.3 is 0 Å². The molecule has 0 bridgehead atoms. The SMILES string of the molecule is Cc1onc(-c2c(F)cccc2Cl)c1C(=O)Nc1ccc(-c2cn3cccnc3n2)cc1. The number of nitrogens with zero attached hydrogens (tertiary/aromatic N) is 4. The maximum atomic E-state index is 14.4. The van der Waals surface area contributed by atoms with Gasteiger partial charge in [0.05, 0.1) is 16.3 Å². The molecule has 0 radical (unpaired) electrons. The van der Waals surface area contributed by atoms with E-state index in [0.717, 1.165) is 11.3 Å². The molecule has 5 rings (SSSR count). The predicted molar refractivity (Wildman–Crippen MR) is 118 cm³/mol. The Labute approximate surface area is 186 Å². The molecule has 0 aliphatic rings. The molecule has 1 N–H and O–H groups in total. The van der Waals surface area contributed by atoms with Crippen LogP contribution in [0.2, 0.25) is 5.02 Å². The molecule has 2 aromatic carbocycles. The van der Waals surface area contributed by atoms with Gasteiger partial charge in [-0.15, -0.1) is 0 Å². The fraction of sp³-hybridized carbons (Fsp3) is 0.0435. The number of aryl methyl sites for hydroxylation is 1. The van der Waals surface area contributed by atoms with Gasteiger partial charge in [-0.2, -0.15) is 0 Å². The van der Waals surface area contributed by atoms with Crippen LogP contribution in [0.5, 0.6) is 0 Å². The lowest BCUT2D eigenvalue weighted by Gasteiger charge is -2.08. The van der Waals surface area contributed by atoms with Gasteiger partial charge in [-0.1, -0.05) is 35.0 Å². The topological polar surface area (TPSA) is 85.3 Å². The third-order valence-electron chi connectivity index (χ3n) is 4.96. The molecule has 1 amide bonds. The lowest BCUT2D eigenvalue weighted by Crippen LogP contribution is -2.13. The molecule has 0 saturated heterocycles. The first-order valence-electron chi connectivity index (χ1n) is 9.63. The Morgan fingerprint density at radius 1 is 1.16 bits per heavy atom. The molecule has 3 aromatic heterocycles. The van der Waals surface area contributed by atoms with E-state index in [4.69, 9.17) is 16.1 Å². The molecule has 7 nitrogen and oxygen atoms in total. The second-order valence-corrected chi connectivity index (χ2v) is 7.45. The molecule has 5 aromatic rings. The van der Waals surface area contributed by atoms with Crippen molar-refractivity contribution in [3.05, 3.63) is 89.3 Å². The van der Waals surface area contributed by atoms with Gasteiger partial charge in [0.1, 0.15) is 22.8 Å². The van der Waals surface area contributed by atoms with Crippen molar-refractivity contribution in [1.82, 2.24) is 19.5 Å². The van der Waals surface area contributed by atoms with Crippen LogP contribution in [0.4, 0.5) is 10.1 Å². The van der Waals surface area contributed by atoms with Crippen molar-refractivity contribution in [3.63, 3.8) is 0 Å². The highest BCUT2D eigenvalue weighted by Gasteiger charge is 2.25. The first-order valence-corrected chi connectivity index (χ1v) is 10.0. The fourth-order valence-corrected chi connectivity index (χ4v) is 3.67. The maximum absolute atomic E-state index is 14.4. The number of fused-ring (bicyclic) bond motifs is 1. The van der Waals surface area contributed by atoms with E-state index < -0.39 is 11.7 Å². The number of hydrogen-bond donors (Lipinski definition) is 1. The largest absolute Gasteiger partial charge is 0.360 e. The van der Waals surface area contributed by atoms with E-state index in [1.54, 1.807) is 25.3 Å². The Kier molecular flexibility index (Phi) is 4.91. The number of carbonyl (C=O) groups excluding carboxylic acids is 1. The number of imidazole rings is 1. The summed E-state index contributed by atoms with van der Waals surface area (Å²) in [6, 6.07) is 13.3. The quantitative estimate of drug-likeness (QED) is 0.398. The highest BCUT2D eigenvalue weighted by atomic mass is 35.5. The van der Waals surface area contributed by atoms with E-state index in [1.807, 2.05) is 35.0 Å². The zero-order chi connectivity index (χ0) is 22.2. The first-order chi connectivity index (χ1) is 15.5. The second-order valence-electron chi connectivity index (χ2n) is 7.04. The van der Waals surface area contributed by atoms with E-state index in [9.17, 15) is 9.18 Å². The van der Waals surface area contributed by atoms with Crippen LogP contribution in [0.1, 0.15) is 16.1 Å². The Morgan fingerprint density at radius 2 is 1.97 bits per heavy atom. The van der Waals surface area contributed by atoms with Crippen molar-refractivity contribution in [2.45, 2.75) is 6.92 Å². The first kappa shape index (κ1) is 19.9. The summed E-state index contributed by atoms with van der Waals surface area (Å²) in [5, 5.41) is 6.80. The van der Waals surface area contributed by atoms with Gasteiger partial charge in [0.2, 0.25) is 5.78 Å². The standard InChI is InChI=1S/C23H15ClFN5O2/c1-13-19(21(29-32-13)20-16(24)4-2-5-17(20)25)22(31)27-15-8-6-14(7-9-15)18-12-30-11-3-10-26-23(30)28-18/h2-12H,1H3,(H,27,31). The summed E-state index contributed by atoms with van der Waals surface area (Å²) >= 11 is 6.15. The van der Waals surface area contributed by atoms with Gasteiger partial charge in [-0.25, -0.2) is 14.4 Å². The van der Waals surface area contributed by atoms with Crippen LogP contribution < -0.4 is 5.32 Å². The normalized spacial score (nSPS) is 11.1. The molecule has 0 atom stereocenters. The molecular weight excluding hydrogens is 433 g/mol. The molecule has 0 aliphatic heterocycles. The molecular formula is C23H15ClFN5O2. The monoisotopic (exact) mass is 447 g/mol. The van der Waals surface area contributed by atoms with Crippen LogP contribution in [-0.2, 0) is 0 Å². The third-order valence-corrected chi connectivity index (χ3v) is 5.28. The lowest BCUT2D eigenvalue weighted by molar-refractivity contribution is 0.102. The van der Waals surface area contributed by atoms with E-state index in [2.05, 4.69) is 20.4 Å². The van der Waals surface area contributed by atoms with Crippen molar-refractivity contribution >= 4 is 29.0 Å². The summed E-state index contributed by atoms with van der Waals surface area (Å²) in [5.41, 5.74) is 2.37. The van der Waals surface area contributed by atoms with Crippen molar-refractivity contribution in [1.29, 1.82) is 0 Å². The lowest BCUT2D eigenvalue weighted by atomic mass is 10.0. The summed E-state index contributed by atoms with van der Waals surface area (Å²) < 4.78 is 21.4. The van der Waals surface area contributed by atoms with Gasteiger partial charge < -0.3 is 9.84 Å². The molecule has 32 heavy (non-hydrogen) atoms. The average molecular weight is 448 g/mol. The zero-order valence-corrected chi connectivity index (χ0v) is 17.5. The number of benzene rings is 2. The second kappa shape index (κ2) is 7.90. The summed E-state index contributed by atoms with van der Waals surface area (Å²) in [5.74, 6) is -0.221. The number of aromatic nitrogens is 4. The number of amides is 1. The molecule has 0 saturated carbocycles. The number of carbonyl (C=O) groups is 1. The van der Waals surface area contributed by atoms with Crippen molar-refractivity contribution in [2.75, 3.05) is 5.32 Å². The number of rotatable bonds is 4. The molecule has 9 heteroatoms. The zero-order valence-electron chi connectivity index (χ0n) is 16.7. The van der Waals surface area contributed by atoms with E-state index in [0.29, 0.717) is 11.5 Å². The average Bonchev–Trinajstić information content (AvgIpc) is 3.38. The van der Waals surface area contributed by atoms with Gasteiger partial charge in [0.25, 0.3) is 5.91 Å². The van der Waals surface area contributed by atoms with Crippen molar-refractivity contribution < 1.29 is 13.7 Å². The van der Waals surface area contributed by atoms with Crippen LogP contribution >= 0.6 is 11.6 Å². The van der Waals surface area contributed by atoms with Gasteiger partial charge in [-0.3, -0.25) is 9.20 Å². The summed E-state index contributed by atoms with van der Waals surface area (Å²) in [6.07, 6.45) is 5.43. The fourth-order valence-electron chi connectivity index (χ4n) is 3.42. The molecule has 158 valence electrons. The Morgan fingerprint density at radius 3 is 2.72 bits per heavy atom. The summed E-state index contributed by atoms with van der Waals surface area (Å²) in [4.78, 5) is 21.7. The molecule has 0 spiro atoms. The minimum atomic E-state index is -0.592. The van der Waals surface area contributed by atoms with Gasteiger partial charge in [0.15, 0.2) is 0 Å². The Balaban J connectivity index is 1.42. The van der Waals surface area contributed by atoms with Crippen LogP contribution in [0.25, 0.3) is 28.3 Å². The number of halogens is 2. The Hall–Kier alpha value is -4.04. The van der Waals surface area contributed by atoms with Crippen molar-refractivity contribution in [2.24, 2.45) is 0 Å². The smallest absolute Gasteiger partial charge is 0.261 e. The molecule has 3 heterocycles. The Bertz CT molecular complexity index is 1410. The maximum Gasteiger partial charge on any atom is 0.261 e. The number of anilines is 1. The number of hydrogen-bond acceptors (Lipinski definition) is 5.